The molecule has 3 atom stereocenters. The van der Waals surface area contributed by atoms with Crippen molar-refractivity contribution in [2.45, 2.75) is 38.7 Å². The number of ketones is 1. The van der Waals surface area contributed by atoms with E-state index in [1.165, 1.54) is 13.0 Å². The molecule has 0 heterocycles. The largest absolute Gasteiger partial charge is 0.389 e. The van der Waals surface area contributed by atoms with Crippen molar-refractivity contribution in [3.05, 3.63) is 64.5 Å². The van der Waals surface area contributed by atoms with E-state index in [0.717, 1.165) is 6.08 Å². The average Bonchev–Trinajstić information content (AvgIpc) is 2.67. The van der Waals surface area contributed by atoms with Crippen molar-refractivity contribution in [3.63, 3.8) is 0 Å². The van der Waals surface area contributed by atoms with Crippen molar-refractivity contribution in [3.8, 4) is 0 Å². The number of allylic oxidation sites excluding steroid dienone is 3. The van der Waals surface area contributed by atoms with Gasteiger partial charge in [-0.1, -0.05) is 13.0 Å². The van der Waals surface area contributed by atoms with Crippen LogP contribution in [0.3, 0.4) is 0 Å². The van der Waals surface area contributed by atoms with E-state index in [1.54, 1.807) is 0 Å². The standard InChI is InChI=1S/C21H18F6O2/c1-3-6-21-7-4-5-11(28)10(21)8-12(29)13(9(21)2)15(22)14-16(23)18(25)20(27)19(26)17(14)24/h3,8-9,11,28H,1,4-7H2,2H3/t9-,11?,21+/m0/s1. The second-order valence-corrected chi connectivity index (χ2v) is 7.42. The number of hydrogen-bond donors (Lipinski definition) is 1. The van der Waals surface area contributed by atoms with Crippen LogP contribution < -0.4 is 0 Å². The fraction of sp³-hybridized carbons (Fsp3) is 0.381. The first-order valence-electron chi connectivity index (χ1n) is 9.05. The predicted molar refractivity (Wildman–Crippen MR) is 93.6 cm³/mol. The lowest BCUT2D eigenvalue weighted by molar-refractivity contribution is -0.113. The van der Waals surface area contributed by atoms with E-state index in [1.807, 2.05) is 0 Å². The van der Waals surface area contributed by atoms with Gasteiger partial charge in [-0.2, -0.15) is 0 Å². The summed E-state index contributed by atoms with van der Waals surface area (Å²) >= 11 is 0. The Balaban J connectivity index is 2.30. The quantitative estimate of drug-likeness (QED) is 0.238. The van der Waals surface area contributed by atoms with Crippen molar-refractivity contribution < 1.29 is 36.2 Å². The second-order valence-electron chi connectivity index (χ2n) is 7.42. The highest BCUT2D eigenvalue weighted by Crippen LogP contribution is 2.55. The van der Waals surface area contributed by atoms with Crippen molar-refractivity contribution >= 4 is 11.6 Å². The minimum absolute atomic E-state index is 0.234. The normalized spacial score (nSPS) is 28.7. The highest BCUT2D eigenvalue weighted by atomic mass is 19.2. The predicted octanol–water partition coefficient (Wildman–Crippen LogP) is 5.32. The second kappa shape index (κ2) is 7.48. The molecule has 1 unspecified atom stereocenters. The summed E-state index contributed by atoms with van der Waals surface area (Å²) in [6, 6.07) is 0. The molecule has 156 valence electrons. The van der Waals surface area contributed by atoms with Gasteiger partial charge < -0.3 is 5.11 Å². The number of carbonyl (C=O) groups is 1. The number of hydrogen-bond acceptors (Lipinski definition) is 2. The zero-order valence-corrected chi connectivity index (χ0v) is 15.5. The summed E-state index contributed by atoms with van der Waals surface area (Å²) in [5.74, 6) is -15.5. The summed E-state index contributed by atoms with van der Waals surface area (Å²) in [4.78, 5) is 12.6. The summed E-state index contributed by atoms with van der Waals surface area (Å²) in [7, 11) is 0. The zero-order chi connectivity index (χ0) is 21.7. The number of rotatable bonds is 3. The zero-order valence-electron chi connectivity index (χ0n) is 15.5. The Labute approximate surface area is 163 Å². The number of aliphatic hydroxyl groups is 1. The van der Waals surface area contributed by atoms with Gasteiger partial charge in [-0.05, 0) is 43.3 Å². The molecule has 2 aliphatic carbocycles. The summed E-state index contributed by atoms with van der Waals surface area (Å²) in [6.45, 7) is 5.08. The summed E-state index contributed by atoms with van der Waals surface area (Å²) in [6.07, 6.45) is 3.18. The van der Waals surface area contributed by atoms with Crippen LogP contribution in [0.1, 0.15) is 38.2 Å². The van der Waals surface area contributed by atoms with Gasteiger partial charge in [-0.25, -0.2) is 26.3 Å². The number of fused-ring (bicyclic) bond motifs is 1. The fourth-order valence-electron chi connectivity index (χ4n) is 4.54. The summed E-state index contributed by atoms with van der Waals surface area (Å²) < 4.78 is 83.8. The van der Waals surface area contributed by atoms with E-state index in [2.05, 4.69) is 6.58 Å². The molecule has 0 aromatic heterocycles. The minimum Gasteiger partial charge on any atom is -0.389 e. The molecule has 2 nitrogen and oxygen atoms in total. The average molecular weight is 416 g/mol. The Bertz CT molecular complexity index is 935. The molecule has 1 N–H and O–H groups in total. The first kappa shape index (κ1) is 21.4. The Kier molecular flexibility index (Phi) is 5.51. The van der Waals surface area contributed by atoms with Crippen LogP contribution >= 0.6 is 0 Å². The van der Waals surface area contributed by atoms with Crippen molar-refractivity contribution in [1.82, 2.24) is 0 Å². The molecule has 3 rings (SSSR count). The summed E-state index contributed by atoms with van der Waals surface area (Å²) in [5, 5.41) is 10.3. The molecule has 0 aliphatic heterocycles. The van der Waals surface area contributed by atoms with Crippen LogP contribution in [0.25, 0.3) is 5.83 Å². The van der Waals surface area contributed by atoms with E-state index < -0.39 is 69.3 Å². The van der Waals surface area contributed by atoms with Crippen LogP contribution in [0.15, 0.2) is 29.9 Å². The number of benzene rings is 1. The van der Waals surface area contributed by atoms with E-state index in [9.17, 15) is 31.9 Å². The smallest absolute Gasteiger partial charge is 0.200 e. The molecule has 29 heavy (non-hydrogen) atoms. The van der Waals surface area contributed by atoms with Gasteiger partial charge in [0.05, 0.1) is 11.7 Å². The molecular weight excluding hydrogens is 398 g/mol. The highest BCUT2D eigenvalue weighted by molar-refractivity contribution is 6.10. The van der Waals surface area contributed by atoms with Gasteiger partial charge in [0.15, 0.2) is 29.1 Å². The molecule has 0 amide bonds. The van der Waals surface area contributed by atoms with Crippen molar-refractivity contribution in [2.24, 2.45) is 11.3 Å². The fourth-order valence-corrected chi connectivity index (χ4v) is 4.54. The van der Waals surface area contributed by atoms with Crippen LogP contribution in [0.5, 0.6) is 0 Å². The lowest BCUT2D eigenvalue weighted by Gasteiger charge is -2.48. The van der Waals surface area contributed by atoms with Crippen molar-refractivity contribution in [1.29, 1.82) is 0 Å². The third kappa shape index (κ3) is 3.04. The van der Waals surface area contributed by atoms with Gasteiger partial charge in [0.25, 0.3) is 0 Å². The third-order valence-corrected chi connectivity index (χ3v) is 6.02. The topological polar surface area (TPSA) is 37.3 Å². The van der Waals surface area contributed by atoms with Gasteiger partial charge in [0.1, 0.15) is 5.83 Å². The SMILES string of the molecule is C=CC[C@]12CCCC(O)C1=CC(=O)C(=C(F)c1c(F)c(F)c(F)c(F)c1F)[C@@H]2C. The molecule has 0 spiro atoms. The molecule has 1 fully saturated rings. The third-order valence-electron chi connectivity index (χ3n) is 6.02. The number of aliphatic hydroxyl groups excluding tert-OH is 1. The van der Waals surface area contributed by atoms with Gasteiger partial charge in [0.2, 0.25) is 5.82 Å². The Morgan fingerprint density at radius 1 is 1.17 bits per heavy atom. The van der Waals surface area contributed by atoms with Crippen LogP contribution in [0.2, 0.25) is 0 Å². The first-order chi connectivity index (χ1) is 13.6. The molecule has 2 aliphatic rings. The first-order valence-corrected chi connectivity index (χ1v) is 9.05. The van der Waals surface area contributed by atoms with E-state index >= 15 is 4.39 Å². The molecule has 1 aromatic carbocycles. The minimum atomic E-state index is -2.41. The van der Waals surface area contributed by atoms with Crippen LogP contribution in [-0.4, -0.2) is 17.0 Å². The molecule has 0 bridgehead atoms. The molecule has 8 heteroatoms. The van der Waals surface area contributed by atoms with Gasteiger partial charge in [-0.15, -0.1) is 6.58 Å². The summed E-state index contributed by atoms with van der Waals surface area (Å²) in [5.41, 5.74) is -3.02. The Hall–Kier alpha value is -2.35. The van der Waals surface area contributed by atoms with Gasteiger partial charge in [-0.3, -0.25) is 4.79 Å². The Morgan fingerprint density at radius 2 is 1.72 bits per heavy atom. The van der Waals surface area contributed by atoms with E-state index in [-0.39, 0.29) is 6.42 Å². The van der Waals surface area contributed by atoms with Gasteiger partial charge in [0, 0.05) is 11.0 Å². The molecule has 0 saturated heterocycles. The number of carbonyl (C=O) groups excluding carboxylic acids is 1. The maximum Gasteiger partial charge on any atom is 0.200 e. The lowest BCUT2D eigenvalue weighted by Crippen LogP contribution is -2.44. The highest BCUT2D eigenvalue weighted by Gasteiger charge is 2.50. The molecule has 1 saturated carbocycles. The maximum atomic E-state index is 15.2. The molecular formula is C21H18F6O2. The molecule has 0 radical (unpaired) electrons. The van der Waals surface area contributed by atoms with Crippen LogP contribution in [-0.2, 0) is 4.79 Å². The van der Waals surface area contributed by atoms with E-state index in [4.69, 9.17) is 0 Å². The Morgan fingerprint density at radius 3 is 2.28 bits per heavy atom. The molecule has 1 aromatic rings. The van der Waals surface area contributed by atoms with Crippen LogP contribution in [0, 0.1) is 40.4 Å². The monoisotopic (exact) mass is 416 g/mol. The van der Waals surface area contributed by atoms with Crippen LogP contribution in [0.4, 0.5) is 26.3 Å². The van der Waals surface area contributed by atoms with E-state index in [0.29, 0.717) is 24.8 Å². The maximum absolute atomic E-state index is 15.2. The number of halogens is 6. The van der Waals surface area contributed by atoms with Crippen molar-refractivity contribution in [2.75, 3.05) is 0 Å². The van der Waals surface area contributed by atoms with Gasteiger partial charge >= 0.3 is 0 Å². The lowest BCUT2D eigenvalue weighted by atomic mass is 9.55.